The van der Waals surface area contributed by atoms with Crippen molar-refractivity contribution in [3.8, 4) is 0 Å². The van der Waals surface area contributed by atoms with Crippen LogP contribution in [-0.4, -0.2) is 10.9 Å². The van der Waals surface area contributed by atoms with E-state index in [1.54, 1.807) is 6.07 Å². The van der Waals surface area contributed by atoms with Gasteiger partial charge in [-0.25, -0.2) is 0 Å². The lowest BCUT2D eigenvalue weighted by molar-refractivity contribution is 0.102. The highest BCUT2D eigenvalue weighted by molar-refractivity contribution is 9.13. The van der Waals surface area contributed by atoms with Crippen molar-refractivity contribution < 1.29 is 4.79 Å². The molecule has 0 aliphatic heterocycles. The van der Waals surface area contributed by atoms with Gasteiger partial charge in [-0.3, -0.25) is 4.79 Å². The van der Waals surface area contributed by atoms with Gasteiger partial charge in [0.05, 0.1) is 9.08 Å². The van der Waals surface area contributed by atoms with Crippen LogP contribution in [0.25, 0.3) is 0 Å². The van der Waals surface area contributed by atoms with Gasteiger partial charge >= 0.3 is 0 Å². The fraction of sp³-hybridized carbons (Fsp3) is 0. The third kappa shape index (κ3) is 3.20. The molecule has 1 amide bonds. The Labute approximate surface area is 123 Å². The van der Waals surface area contributed by atoms with E-state index in [1.165, 1.54) is 0 Å². The van der Waals surface area contributed by atoms with Gasteiger partial charge in [-0.2, -0.15) is 0 Å². The van der Waals surface area contributed by atoms with Gasteiger partial charge in [0.15, 0.2) is 0 Å². The second kappa shape index (κ2) is 5.37. The highest BCUT2D eigenvalue weighted by atomic mass is 79.9. The summed E-state index contributed by atoms with van der Waals surface area (Å²) in [7, 11) is 0. The van der Waals surface area contributed by atoms with Crippen molar-refractivity contribution >= 4 is 59.4 Å². The molecular formula is C11H7Br3N2O. The van der Waals surface area contributed by atoms with Crippen molar-refractivity contribution in [3.05, 3.63) is 49.6 Å². The number of anilines is 1. The first-order valence-electron chi connectivity index (χ1n) is 4.67. The zero-order chi connectivity index (χ0) is 12.4. The van der Waals surface area contributed by atoms with Crippen LogP contribution in [0.1, 0.15) is 10.5 Å². The van der Waals surface area contributed by atoms with Crippen LogP contribution < -0.4 is 5.32 Å². The quantitative estimate of drug-likeness (QED) is 0.732. The number of benzene rings is 1. The lowest BCUT2D eigenvalue weighted by atomic mass is 10.3. The van der Waals surface area contributed by atoms with Gasteiger partial charge in [-0.05, 0) is 56.1 Å². The van der Waals surface area contributed by atoms with Crippen LogP contribution in [0.15, 0.2) is 43.9 Å². The molecule has 0 atom stereocenters. The molecule has 88 valence electrons. The molecule has 17 heavy (non-hydrogen) atoms. The number of hydrogen-bond donors (Lipinski definition) is 2. The normalized spacial score (nSPS) is 10.3. The summed E-state index contributed by atoms with van der Waals surface area (Å²) in [5, 5.41) is 2.80. The Balaban J connectivity index is 2.17. The Morgan fingerprint density at radius 3 is 2.53 bits per heavy atom. The molecule has 2 aromatic rings. The van der Waals surface area contributed by atoms with E-state index in [1.807, 2.05) is 24.3 Å². The van der Waals surface area contributed by atoms with Gasteiger partial charge in [-0.15, -0.1) is 0 Å². The zero-order valence-electron chi connectivity index (χ0n) is 8.43. The fourth-order valence-corrected chi connectivity index (χ4v) is 2.35. The molecule has 3 nitrogen and oxygen atoms in total. The van der Waals surface area contributed by atoms with Crippen LogP contribution in [0.4, 0.5) is 5.69 Å². The number of H-pyrrole nitrogens is 1. The first kappa shape index (κ1) is 12.9. The topological polar surface area (TPSA) is 44.9 Å². The summed E-state index contributed by atoms with van der Waals surface area (Å²) in [6.45, 7) is 0. The van der Waals surface area contributed by atoms with Crippen molar-refractivity contribution in [2.24, 2.45) is 0 Å². The monoisotopic (exact) mass is 420 g/mol. The van der Waals surface area contributed by atoms with E-state index < -0.39 is 0 Å². The highest BCUT2D eigenvalue weighted by Crippen LogP contribution is 2.24. The van der Waals surface area contributed by atoms with E-state index in [2.05, 4.69) is 58.1 Å². The summed E-state index contributed by atoms with van der Waals surface area (Å²) < 4.78 is 2.48. The number of amides is 1. The number of rotatable bonds is 2. The Morgan fingerprint density at radius 1 is 1.18 bits per heavy atom. The Bertz CT molecular complexity index is 546. The molecule has 6 heteroatoms. The molecule has 0 bridgehead atoms. The number of aromatic nitrogens is 1. The Hall–Kier alpha value is -0.590. The largest absolute Gasteiger partial charge is 0.344 e. The summed E-state index contributed by atoms with van der Waals surface area (Å²) in [5.41, 5.74) is 1.23. The van der Waals surface area contributed by atoms with Crippen LogP contribution in [0.3, 0.4) is 0 Å². The molecule has 1 aromatic heterocycles. The summed E-state index contributed by atoms with van der Waals surface area (Å²) >= 11 is 9.96. The lowest BCUT2D eigenvalue weighted by Gasteiger charge is -2.03. The number of halogens is 3. The summed E-state index contributed by atoms with van der Waals surface area (Å²) in [5.74, 6) is -0.186. The van der Waals surface area contributed by atoms with E-state index in [-0.39, 0.29) is 5.91 Å². The van der Waals surface area contributed by atoms with Gasteiger partial charge in [-0.1, -0.05) is 22.0 Å². The SMILES string of the molecule is O=C(Nc1cccc(Br)c1)c1cc(Br)c(Br)[nH]1. The van der Waals surface area contributed by atoms with Gasteiger partial charge in [0.25, 0.3) is 5.91 Å². The third-order valence-electron chi connectivity index (χ3n) is 2.05. The maximum atomic E-state index is 11.9. The van der Waals surface area contributed by atoms with Crippen LogP contribution in [0.2, 0.25) is 0 Å². The second-order valence-corrected chi connectivity index (χ2v) is 5.87. The van der Waals surface area contributed by atoms with Crippen LogP contribution in [0.5, 0.6) is 0 Å². The predicted molar refractivity (Wildman–Crippen MR) is 78.3 cm³/mol. The van der Waals surface area contributed by atoms with Crippen molar-refractivity contribution in [1.82, 2.24) is 4.98 Å². The molecule has 2 rings (SSSR count). The van der Waals surface area contributed by atoms with Crippen LogP contribution >= 0.6 is 47.8 Å². The Morgan fingerprint density at radius 2 is 1.94 bits per heavy atom. The van der Waals surface area contributed by atoms with E-state index in [0.29, 0.717) is 5.69 Å². The van der Waals surface area contributed by atoms with Crippen molar-refractivity contribution in [2.45, 2.75) is 0 Å². The summed E-state index contributed by atoms with van der Waals surface area (Å²) in [4.78, 5) is 14.8. The average Bonchev–Trinajstić information content (AvgIpc) is 2.59. The maximum absolute atomic E-state index is 11.9. The number of carbonyl (C=O) groups is 1. The van der Waals surface area contributed by atoms with Crippen molar-refractivity contribution in [2.75, 3.05) is 5.32 Å². The molecule has 2 N–H and O–H groups in total. The minimum Gasteiger partial charge on any atom is -0.344 e. The third-order valence-corrected chi connectivity index (χ3v) is 4.33. The zero-order valence-corrected chi connectivity index (χ0v) is 13.2. The van der Waals surface area contributed by atoms with E-state index in [9.17, 15) is 4.79 Å². The van der Waals surface area contributed by atoms with E-state index in [4.69, 9.17) is 0 Å². The minimum absolute atomic E-state index is 0.186. The molecule has 0 unspecified atom stereocenters. The minimum atomic E-state index is -0.186. The molecule has 0 fully saturated rings. The molecule has 0 spiro atoms. The predicted octanol–water partition coefficient (Wildman–Crippen LogP) is 4.55. The van der Waals surface area contributed by atoms with Crippen LogP contribution in [-0.2, 0) is 0 Å². The molecule has 0 aliphatic rings. The van der Waals surface area contributed by atoms with Gasteiger partial charge in [0.2, 0.25) is 0 Å². The summed E-state index contributed by atoms with van der Waals surface area (Å²) in [6.07, 6.45) is 0. The number of nitrogens with one attached hydrogen (secondary N) is 2. The molecular weight excluding hydrogens is 416 g/mol. The smallest absolute Gasteiger partial charge is 0.272 e. The van der Waals surface area contributed by atoms with Crippen LogP contribution in [0, 0.1) is 0 Å². The highest BCUT2D eigenvalue weighted by Gasteiger charge is 2.11. The molecule has 1 heterocycles. The van der Waals surface area contributed by atoms with Gasteiger partial charge in [0.1, 0.15) is 5.69 Å². The molecule has 0 saturated carbocycles. The summed E-state index contributed by atoms with van der Waals surface area (Å²) in [6, 6.07) is 9.15. The maximum Gasteiger partial charge on any atom is 0.272 e. The van der Waals surface area contributed by atoms with E-state index in [0.717, 1.165) is 19.2 Å². The van der Waals surface area contributed by atoms with E-state index >= 15 is 0 Å². The van der Waals surface area contributed by atoms with Crippen molar-refractivity contribution in [3.63, 3.8) is 0 Å². The number of hydrogen-bond acceptors (Lipinski definition) is 1. The lowest BCUT2D eigenvalue weighted by Crippen LogP contribution is -2.12. The first-order valence-corrected chi connectivity index (χ1v) is 7.05. The molecule has 0 aliphatic carbocycles. The van der Waals surface area contributed by atoms with Gasteiger partial charge in [0, 0.05) is 10.2 Å². The standard InChI is InChI=1S/C11H7Br3N2O/c12-6-2-1-3-7(4-6)15-11(17)9-5-8(13)10(14)16-9/h1-5,16H,(H,15,17). The van der Waals surface area contributed by atoms with Crippen molar-refractivity contribution in [1.29, 1.82) is 0 Å². The molecule has 1 aromatic carbocycles. The Kier molecular flexibility index (Phi) is 4.06. The molecule has 0 radical (unpaired) electrons. The average molecular weight is 423 g/mol. The number of aromatic amines is 1. The number of carbonyl (C=O) groups excluding carboxylic acids is 1. The first-order chi connectivity index (χ1) is 8.06. The second-order valence-electron chi connectivity index (χ2n) is 3.31. The molecule has 0 saturated heterocycles. The van der Waals surface area contributed by atoms with Gasteiger partial charge < -0.3 is 10.3 Å². The fourth-order valence-electron chi connectivity index (χ4n) is 1.29.